The van der Waals surface area contributed by atoms with Crippen LogP contribution in [-0.4, -0.2) is 59.9 Å². The number of nitrogens with zero attached hydrogens (tertiary/aromatic N) is 2. The Morgan fingerprint density at radius 3 is 2.70 bits per heavy atom. The van der Waals surface area contributed by atoms with E-state index in [1.165, 1.54) is 4.90 Å². The number of hydrogen-bond donors (Lipinski definition) is 1. The summed E-state index contributed by atoms with van der Waals surface area (Å²) in [6.45, 7) is 0.796. The minimum atomic E-state index is -0.383. The van der Waals surface area contributed by atoms with E-state index in [0.29, 0.717) is 30.3 Å². The lowest BCUT2D eigenvalue weighted by Gasteiger charge is -2.21. The first-order chi connectivity index (χ1) is 11.0. The first kappa shape index (κ1) is 15.6. The van der Waals surface area contributed by atoms with Crippen molar-refractivity contribution in [2.45, 2.75) is 12.5 Å². The molecule has 1 aromatic rings. The van der Waals surface area contributed by atoms with E-state index >= 15 is 0 Å². The monoisotopic (exact) mass is 337 g/mol. The van der Waals surface area contributed by atoms with E-state index in [1.54, 1.807) is 29.2 Å². The number of nitrogens with one attached hydrogen (secondary N) is 1. The van der Waals surface area contributed by atoms with Crippen LogP contribution in [0.25, 0.3) is 0 Å². The molecular weight excluding hydrogens is 322 g/mol. The quantitative estimate of drug-likeness (QED) is 0.827. The number of imide groups is 1. The second-order valence-electron chi connectivity index (χ2n) is 5.45. The third-order valence-corrected chi connectivity index (χ3v) is 4.19. The van der Waals surface area contributed by atoms with E-state index in [2.05, 4.69) is 5.32 Å². The highest BCUT2D eigenvalue weighted by Gasteiger charge is 2.39. The minimum absolute atomic E-state index is 0.0307. The number of rotatable bonds is 4. The molecule has 0 aromatic heterocycles. The number of benzene rings is 1. The number of likely N-dealkylation sites (tertiary alicyclic amines) is 1. The molecule has 0 saturated carbocycles. The molecule has 8 heteroatoms. The van der Waals surface area contributed by atoms with Crippen LogP contribution in [0.5, 0.6) is 5.75 Å². The van der Waals surface area contributed by atoms with Gasteiger partial charge in [0.25, 0.3) is 5.91 Å². The maximum absolute atomic E-state index is 12.2. The van der Waals surface area contributed by atoms with Gasteiger partial charge in [0, 0.05) is 18.1 Å². The van der Waals surface area contributed by atoms with Crippen molar-refractivity contribution < 1.29 is 19.1 Å². The molecule has 2 aliphatic heterocycles. The molecule has 0 spiro atoms. The normalized spacial score (nSPS) is 20.8. The van der Waals surface area contributed by atoms with Crippen molar-refractivity contribution in [2.24, 2.45) is 0 Å². The number of amides is 4. The summed E-state index contributed by atoms with van der Waals surface area (Å²) in [6.07, 6.45) is 0.589. The summed E-state index contributed by atoms with van der Waals surface area (Å²) in [4.78, 5) is 38.3. The molecule has 23 heavy (non-hydrogen) atoms. The Morgan fingerprint density at radius 2 is 2.04 bits per heavy atom. The zero-order chi connectivity index (χ0) is 16.4. The molecular formula is C15H16ClN3O4. The lowest BCUT2D eigenvalue weighted by molar-refractivity contribution is -0.133. The molecule has 0 bridgehead atoms. The number of halogens is 1. The van der Waals surface area contributed by atoms with E-state index in [9.17, 15) is 14.4 Å². The SMILES string of the molecule is O=C(COc1ccc(Cl)cc1)N1CC[C@@H](N2C(=O)CNC2=O)C1. The van der Waals surface area contributed by atoms with Crippen molar-refractivity contribution in [1.29, 1.82) is 0 Å². The summed E-state index contributed by atoms with van der Waals surface area (Å²) in [5.74, 6) is 0.147. The van der Waals surface area contributed by atoms with Gasteiger partial charge in [-0.25, -0.2) is 4.79 Å². The maximum Gasteiger partial charge on any atom is 0.324 e. The summed E-state index contributed by atoms with van der Waals surface area (Å²) in [5, 5.41) is 3.09. The lowest BCUT2D eigenvalue weighted by Crippen LogP contribution is -2.43. The zero-order valence-electron chi connectivity index (χ0n) is 12.3. The minimum Gasteiger partial charge on any atom is -0.484 e. The van der Waals surface area contributed by atoms with Crippen molar-refractivity contribution in [1.82, 2.24) is 15.1 Å². The van der Waals surface area contributed by atoms with Crippen LogP contribution >= 0.6 is 11.6 Å². The van der Waals surface area contributed by atoms with Gasteiger partial charge in [-0.3, -0.25) is 14.5 Å². The van der Waals surface area contributed by atoms with E-state index in [1.807, 2.05) is 0 Å². The van der Waals surface area contributed by atoms with Crippen molar-refractivity contribution in [3.05, 3.63) is 29.3 Å². The summed E-state index contributed by atoms with van der Waals surface area (Å²) in [5.41, 5.74) is 0. The van der Waals surface area contributed by atoms with Crippen LogP contribution in [0.2, 0.25) is 5.02 Å². The highest BCUT2D eigenvalue weighted by Crippen LogP contribution is 2.19. The van der Waals surface area contributed by atoms with Crippen LogP contribution in [0.15, 0.2) is 24.3 Å². The molecule has 3 rings (SSSR count). The number of ether oxygens (including phenoxy) is 1. The van der Waals surface area contributed by atoms with Crippen molar-refractivity contribution in [2.75, 3.05) is 26.2 Å². The predicted octanol–water partition coefficient (Wildman–Crippen LogP) is 0.871. The Bertz CT molecular complexity index is 618. The highest BCUT2D eigenvalue weighted by atomic mass is 35.5. The van der Waals surface area contributed by atoms with E-state index in [4.69, 9.17) is 16.3 Å². The van der Waals surface area contributed by atoms with Gasteiger partial charge in [0.1, 0.15) is 5.75 Å². The fraction of sp³-hybridized carbons (Fsp3) is 0.400. The summed E-state index contributed by atoms with van der Waals surface area (Å²) in [7, 11) is 0. The van der Waals surface area contributed by atoms with Crippen molar-refractivity contribution in [3.63, 3.8) is 0 Å². The van der Waals surface area contributed by atoms with Gasteiger partial charge in [-0.1, -0.05) is 11.6 Å². The fourth-order valence-corrected chi connectivity index (χ4v) is 2.88. The van der Waals surface area contributed by atoms with E-state index in [-0.39, 0.29) is 37.0 Å². The van der Waals surface area contributed by atoms with Gasteiger partial charge in [-0.2, -0.15) is 0 Å². The third kappa shape index (κ3) is 3.39. The number of hydrogen-bond acceptors (Lipinski definition) is 4. The summed E-state index contributed by atoms with van der Waals surface area (Å²) >= 11 is 5.78. The Balaban J connectivity index is 1.52. The number of carbonyl (C=O) groups excluding carboxylic acids is 3. The van der Waals surface area contributed by atoms with Crippen LogP contribution in [0.1, 0.15) is 6.42 Å². The molecule has 0 aliphatic carbocycles. The number of carbonyl (C=O) groups is 3. The average molecular weight is 338 g/mol. The Labute approximate surface area is 138 Å². The molecule has 2 aliphatic rings. The third-order valence-electron chi connectivity index (χ3n) is 3.94. The number of urea groups is 1. The van der Waals surface area contributed by atoms with Crippen LogP contribution < -0.4 is 10.1 Å². The topological polar surface area (TPSA) is 79.0 Å². The first-order valence-corrected chi connectivity index (χ1v) is 7.68. The average Bonchev–Trinajstić information content (AvgIpc) is 3.13. The Morgan fingerprint density at radius 1 is 1.30 bits per heavy atom. The van der Waals surface area contributed by atoms with Crippen LogP contribution in [-0.2, 0) is 9.59 Å². The Hall–Kier alpha value is -2.28. The van der Waals surface area contributed by atoms with Crippen molar-refractivity contribution in [3.8, 4) is 5.75 Å². The van der Waals surface area contributed by atoms with Gasteiger partial charge in [-0.15, -0.1) is 0 Å². The molecule has 4 amide bonds. The van der Waals surface area contributed by atoms with E-state index in [0.717, 1.165) is 0 Å². The van der Waals surface area contributed by atoms with Crippen LogP contribution in [0.4, 0.5) is 4.79 Å². The van der Waals surface area contributed by atoms with Gasteiger partial charge >= 0.3 is 6.03 Å². The fourth-order valence-electron chi connectivity index (χ4n) is 2.75. The predicted molar refractivity (Wildman–Crippen MR) is 82.2 cm³/mol. The van der Waals surface area contributed by atoms with Gasteiger partial charge in [0.15, 0.2) is 6.61 Å². The molecule has 0 radical (unpaired) electrons. The molecule has 122 valence electrons. The molecule has 2 heterocycles. The molecule has 7 nitrogen and oxygen atoms in total. The molecule has 2 fully saturated rings. The smallest absolute Gasteiger partial charge is 0.324 e. The first-order valence-electron chi connectivity index (χ1n) is 7.30. The van der Waals surface area contributed by atoms with Gasteiger partial charge < -0.3 is 15.0 Å². The molecule has 2 saturated heterocycles. The maximum atomic E-state index is 12.2. The zero-order valence-corrected chi connectivity index (χ0v) is 13.1. The summed E-state index contributed by atoms with van der Waals surface area (Å²) in [6, 6.07) is 6.11. The van der Waals surface area contributed by atoms with Gasteiger partial charge in [0.05, 0.1) is 12.6 Å². The van der Waals surface area contributed by atoms with Gasteiger partial charge in [-0.05, 0) is 30.7 Å². The lowest BCUT2D eigenvalue weighted by atomic mass is 10.2. The molecule has 1 N–H and O–H groups in total. The van der Waals surface area contributed by atoms with Crippen molar-refractivity contribution >= 4 is 29.4 Å². The second-order valence-corrected chi connectivity index (χ2v) is 5.88. The second kappa shape index (κ2) is 6.45. The molecule has 1 atom stereocenters. The van der Waals surface area contributed by atoms with Crippen LogP contribution in [0.3, 0.4) is 0 Å². The summed E-state index contributed by atoms with van der Waals surface area (Å²) < 4.78 is 5.43. The molecule has 1 aromatic carbocycles. The largest absolute Gasteiger partial charge is 0.484 e. The molecule has 0 unspecified atom stereocenters. The standard InChI is InChI=1S/C15H16ClN3O4/c16-10-1-3-12(4-2-10)23-9-14(21)18-6-5-11(8-18)19-13(20)7-17-15(19)22/h1-4,11H,5-9H2,(H,17,22)/t11-/m1/s1. The van der Waals surface area contributed by atoms with Gasteiger partial charge in [0.2, 0.25) is 5.91 Å². The van der Waals surface area contributed by atoms with E-state index < -0.39 is 0 Å². The van der Waals surface area contributed by atoms with Crippen LogP contribution in [0, 0.1) is 0 Å². The Kier molecular flexibility index (Phi) is 4.38. The highest BCUT2D eigenvalue weighted by molar-refractivity contribution is 6.30.